The fourth-order valence-electron chi connectivity index (χ4n) is 9.38. The summed E-state index contributed by atoms with van der Waals surface area (Å²) in [5.74, 6) is -2.42. The number of unbranched alkanes of at least 4 members (excludes halogenated alkanes) is 37. The second-order valence-corrected chi connectivity index (χ2v) is 20.8. The largest absolute Gasteiger partial charge is 0.479 e. The monoisotopic (exact) mass is 1010 g/mol. The Morgan fingerprint density at radius 1 is 0.437 bits per heavy atom. The zero-order chi connectivity index (χ0) is 51.7. The Labute approximate surface area is 434 Å². The molecule has 0 bridgehead atoms. The van der Waals surface area contributed by atoms with Crippen molar-refractivity contribution < 1.29 is 53.8 Å². The van der Waals surface area contributed by atoms with Crippen molar-refractivity contribution in [3.8, 4) is 0 Å². The van der Waals surface area contributed by atoms with E-state index in [4.69, 9.17) is 18.9 Å². The number of hydrogen-bond acceptors (Lipinski definition) is 10. The third-order valence-corrected chi connectivity index (χ3v) is 14.1. The molecule has 11 nitrogen and oxygen atoms in total. The number of ether oxygens (including phenoxy) is 4. The van der Waals surface area contributed by atoms with E-state index in [1.807, 2.05) is 0 Å². The molecule has 6 unspecified atom stereocenters. The molecule has 1 heterocycles. The Morgan fingerprint density at radius 3 is 1.17 bits per heavy atom. The zero-order valence-corrected chi connectivity index (χ0v) is 45.7. The molecule has 1 rings (SSSR count). The first-order valence-electron chi connectivity index (χ1n) is 29.9. The van der Waals surface area contributed by atoms with E-state index in [9.17, 15) is 34.8 Å². The quantitative estimate of drug-likeness (QED) is 0.0260. The predicted octanol–water partition coefficient (Wildman–Crippen LogP) is 15.3. The van der Waals surface area contributed by atoms with Gasteiger partial charge in [0.25, 0.3) is 0 Å². The second-order valence-electron chi connectivity index (χ2n) is 20.8. The van der Waals surface area contributed by atoms with Crippen molar-refractivity contribution in [3.63, 3.8) is 0 Å². The molecule has 0 aromatic heterocycles. The molecular weight excluding hydrogens is 897 g/mol. The van der Waals surface area contributed by atoms with Crippen molar-refractivity contribution in [2.45, 2.75) is 327 Å². The van der Waals surface area contributed by atoms with Gasteiger partial charge in [-0.2, -0.15) is 0 Å². The van der Waals surface area contributed by atoms with Gasteiger partial charge in [0.15, 0.2) is 18.5 Å². The van der Waals surface area contributed by atoms with Gasteiger partial charge < -0.3 is 39.4 Å². The molecular formula is C60H110O11. The van der Waals surface area contributed by atoms with Crippen molar-refractivity contribution in [3.05, 3.63) is 24.3 Å². The minimum absolute atomic E-state index is 0.188. The zero-order valence-electron chi connectivity index (χ0n) is 45.7. The van der Waals surface area contributed by atoms with Crippen molar-refractivity contribution in [2.24, 2.45) is 0 Å². The number of carboxylic acids is 1. The molecule has 0 aromatic rings. The SMILES string of the molecule is CCCCCCC/C=C\C/C=C\CCCCCCCCCCCCCC(=O)OCC(COC1OC(C(=O)O)C(O)C(O)C1O)OC(=O)CCCCCCCCCCCCCCCCCCCCCCCC. The van der Waals surface area contributed by atoms with Crippen LogP contribution in [0.25, 0.3) is 0 Å². The lowest BCUT2D eigenvalue weighted by molar-refractivity contribution is -0.298. The molecule has 6 atom stereocenters. The van der Waals surface area contributed by atoms with Crippen LogP contribution in [0.4, 0.5) is 0 Å². The van der Waals surface area contributed by atoms with Crippen LogP contribution in [0.2, 0.25) is 0 Å². The highest BCUT2D eigenvalue weighted by atomic mass is 16.7. The highest BCUT2D eigenvalue weighted by molar-refractivity contribution is 5.73. The van der Waals surface area contributed by atoms with Gasteiger partial charge in [0, 0.05) is 12.8 Å². The summed E-state index contributed by atoms with van der Waals surface area (Å²) in [6.07, 6.45) is 50.9. The van der Waals surface area contributed by atoms with Gasteiger partial charge in [-0.1, -0.05) is 256 Å². The first-order valence-corrected chi connectivity index (χ1v) is 29.9. The van der Waals surface area contributed by atoms with E-state index in [-0.39, 0.29) is 26.1 Å². The third kappa shape index (κ3) is 40.7. The number of esters is 2. The van der Waals surface area contributed by atoms with Crippen LogP contribution in [0, 0.1) is 0 Å². The maximum absolute atomic E-state index is 12.9. The lowest BCUT2D eigenvalue weighted by Crippen LogP contribution is -2.60. The smallest absolute Gasteiger partial charge is 0.335 e. The van der Waals surface area contributed by atoms with Crippen molar-refractivity contribution in [1.82, 2.24) is 0 Å². The van der Waals surface area contributed by atoms with Crippen molar-refractivity contribution in [1.29, 1.82) is 0 Å². The van der Waals surface area contributed by atoms with E-state index in [0.717, 1.165) is 44.9 Å². The maximum atomic E-state index is 12.9. The van der Waals surface area contributed by atoms with Gasteiger partial charge >= 0.3 is 17.9 Å². The average Bonchev–Trinajstić information content (AvgIpc) is 3.36. The van der Waals surface area contributed by atoms with Gasteiger partial charge in [-0.25, -0.2) is 4.79 Å². The van der Waals surface area contributed by atoms with E-state index >= 15 is 0 Å². The van der Waals surface area contributed by atoms with Gasteiger partial charge in [-0.05, 0) is 44.9 Å². The average molecular weight is 1010 g/mol. The standard InChI is InChI=1S/C60H110O11/c1-3-5-7-9-11-13-15-17-19-21-23-25-27-29-30-32-34-36-38-40-42-44-46-48-53(61)68-50-52(51-69-60-57(65)55(63)56(64)58(71-60)59(66)67)70-54(62)49-47-45-43-41-39-37-35-33-31-28-26-24-22-20-18-16-14-12-10-8-6-4-2/h15,17,21,23,52,55-58,60,63-65H,3-14,16,18-20,22,24-51H2,1-2H3,(H,66,67)/b17-15-,23-21-. The molecule has 0 spiro atoms. The number of aliphatic hydroxyl groups is 3. The fourth-order valence-corrected chi connectivity index (χ4v) is 9.38. The Morgan fingerprint density at radius 2 is 0.789 bits per heavy atom. The molecule has 0 aliphatic carbocycles. The maximum Gasteiger partial charge on any atom is 0.335 e. The molecule has 0 radical (unpaired) electrons. The van der Waals surface area contributed by atoms with Crippen LogP contribution in [-0.4, -0.2) is 88.4 Å². The molecule has 4 N–H and O–H groups in total. The highest BCUT2D eigenvalue weighted by Crippen LogP contribution is 2.24. The summed E-state index contributed by atoms with van der Waals surface area (Å²) in [7, 11) is 0. The Hall–Kier alpha value is -2.31. The molecule has 0 aromatic carbocycles. The summed E-state index contributed by atoms with van der Waals surface area (Å²) in [6, 6.07) is 0. The van der Waals surface area contributed by atoms with Crippen LogP contribution in [0.15, 0.2) is 24.3 Å². The van der Waals surface area contributed by atoms with E-state index in [0.29, 0.717) is 12.8 Å². The Bertz CT molecular complexity index is 1270. The van der Waals surface area contributed by atoms with Gasteiger partial charge in [0.05, 0.1) is 6.61 Å². The molecule has 1 aliphatic heterocycles. The highest BCUT2D eigenvalue weighted by Gasteiger charge is 2.47. The number of rotatable bonds is 52. The molecule has 1 aliphatic rings. The molecule has 11 heteroatoms. The normalized spacial score (nSPS) is 18.7. The lowest BCUT2D eigenvalue weighted by Gasteiger charge is -2.38. The first kappa shape index (κ1) is 66.7. The molecule has 416 valence electrons. The number of aliphatic hydroxyl groups excluding tert-OH is 3. The van der Waals surface area contributed by atoms with Gasteiger partial charge in [0.1, 0.15) is 24.9 Å². The van der Waals surface area contributed by atoms with Crippen LogP contribution < -0.4 is 0 Å². The summed E-state index contributed by atoms with van der Waals surface area (Å²) < 4.78 is 21.9. The molecule has 0 saturated carbocycles. The predicted molar refractivity (Wildman–Crippen MR) is 289 cm³/mol. The third-order valence-electron chi connectivity index (χ3n) is 14.1. The number of hydrogen-bond donors (Lipinski definition) is 4. The number of allylic oxidation sites excluding steroid dienone is 4. The van der Waals surface area contributed by atoms with Crippen LogP contribution >= 0.6 is 0 Å². The van der Waals surface area contributed by atoms with Crippen molar-refractivity contribution in [2.75, 3.05) is 13.2 Å². The van der Waals surface area contributed by atoms with Gasteiger partial charge in [-0.3, -0.25) is 9.59 Å². The molecule has 0 amide bonds. The van der Waals surface area contributed by atoms with Crippen LogP contribution in [-0.2, 0) is 33.3 Å². The molecule has 71 heavy (non-hydrogen) atoms. The number of carboxylic acid groups (broad SMARTS) is 1. The van der Waals surface area contributed by atoms with Crippen molar-refractivity contribution >= 4 is 17.9 Å². The van der Waals surface area contributed by atoms with Crippen LogP contribution in [0.5, 0.6) is 0 Å². The van der Waals surface area contributed by atoms with E-state index in [1.165, 1.54) is 205 Å². The van der Waals surface area contributed by atoms with Gasteiger partial charge in [-0.15, -0.1) is 0 Å². The number of aliphatic carboxylic acids is 1. The van der Waals surface area contributed by atoms with Gasteiger partial charge in [0.2, 0.25) is 0 Å². The minimum Gasteiger partial charge on any atom is -0.479 e. The van der Waals surface area contributed by atoms with E-state index in [2.05, 4.69) is 38.2 Å². The fraction of sp³-hybridized carbons (Fsp3) is 0.883. The van der Waals surface area contributed by atoms with E-state index in [1.54, 1.807) is 0 Å². The number of carbonyl (C=O) groups excluding carboxylic acids is 2. The minimum atomic E-state index is -1.86. The van der Waals surface area contributed by atoms with Crippen LogP contribution in [0.3, 0.4) is 0 Å². The topological polar surface area (TPSA) is 169 Å². The summed E-state index contributed by atoms with van der Waals surface area (Å²) >= 11 is 0. The first-order chi connectivity index (χ1) is 34.7. The number of carbonyl (C=O) groups is 3. The molecule has 1 fully saturated rings. The van der Waals surface area contributed by atoms with Crippen LogP contribution in [0.1, 0.15) is 290 Å². The summed E-state index contributed by atoms with van der Waals surface area (Å²) in [5, 5.41) is 40.1. The Kier molecular flexibility index (Phi) is 46.9. The lowest BCUT2D eigenvalue weighted by atomic mass is 9.99. The second kappa shape index (κ2) is 49.9. The van der Waals surface area contributed by atoms with E-state index < -0.39 is 54.7 Å². The Balaban J connectivity index is 2.21. The molecule has 1 saturated heterocycles. The summed E-state index contributed by atoms with van der Waals surface area (Å²) in [6.45, 7) is 3.87. The summed E-state index contributed by atoms with van der Waals surface area (Å²) in [4.78, 5) is 37.1. The summed E-state index contributed by atoms with van der Waals surface area (Å²) in [5.41, 5.74) is 0.